The number of para-hydroxylation sites is 2. The van der Waals surface area contributed by atoms with Gasteiger partial charge in [0.15, 0.2) is 0 Å². The van der Waals surface area contributed by atoms with Gasteiger partial charge >= 0.3 is 0 Å². The molecule has 0 saturated heterocycles. The van der Waals surface area contributed by atoms with Gasteiger partial charge in [0.25, 0.3) is 0 Å². The zero-order valence-electron chi connectivity index (χ0n) is 17.4. The van der Waals surface area contributed by atoms with E-state index in [-0.39, 0.29) is 10.8 Å². The topological polar surface area (TPSA) is 78.5 Å². The lowest BCUT2D eigenvalue weighted by atomic mass is 10.2. The van der Waals surface area contributed by atoms with Gasteiger partial charge in [0, 0.05) is 19.7 Å². The summed E-state index contributed by atoms with van der Waals surface area (Å²) in [4.78, 5) is 14.7. The van der Waals surface area contributed by atoms with Crippen LogP contribution in [0.15, 0.2) is 89.8 Å². The molecule has 3 rings (SSSR count). The van der Waals surface area contributed by atoms with Gasteiger partial charge in [-0.3, -0.25) is 4.79 Å². The lowest BCUT2D eigenvalue weighted by Gasteiger charge is -2.22. The Hall–Kier alpha value is -3.42. The van der Waals surface area contributed by atoms with Crippen LogP contribution in [0.2, 0.25) is 0 Å². The highest BCUT2D eigenvalue weighted by atomic mass is 32.2. The summed E-state index contributed by atoms with van der Waals surface area (Å²) in [7, 11) is -0.136. The number of hydrogen-bond acceptors (Lipinski definition) is 4. The molecule has 0 atom stereocenters. The van der Waals surface area contributed by atoms with Crippen molar-refractivity contribution in [1.82, 2.24) is 4.72 Å². The van der Waals surface area contributed by atoms with Gasteiger partial charge in [-0.15, -0.1) is 0 Å². The van der Waals surface area contributed by atoms with E-state index in [2.05, 4.69) is 27.1 Å². The first-order chi connectivity index (χ1) is 14.9. The van der Waals surface area contributed by atoms with Gasteiger partial charge in [-0.25, -0.2) is 13.1 Å². The fourth-order valence-corrected chi connectivity index (χ4v) is 3.81. The smallest absolute Gasteiger partial charge is 0.248 e. The summed E-state index contributed by atoms with van der Waals surface area (Å²) in [5.74, 6) is -0.271. The summed E-state index contributed by atoms with van der Waals surface area (Å²) in [5.41, 5.74) is 3.52. The molecular formula is C24H25N3O3S. The second kappa shape index (κ2) is 10.1. The van der Waals surface area contributed by atoms with Gasteiger partial charge in [-0.1, -0.05) is 54.6 Å². The highest BCUT2D eigenvalue weighted by Crippen LogP contribution is 2.26. The summed E-state index contributed by atoms with van der Waals surface area (Å²) < 4.78 is 25.8. The molecular weight excluding hydrogens is 410 g/mol. The van der Waals surface area contributed by atoms with E-state index in [9.17, 15) is 13.2 Å². The molecule has 6 nitrogen and oxygen atoms in total. The number of rotatable bonds is 8. The molecule has 3 aromatic carbocycles. The number of hydrogen-bond donors (Lipinski definition) is 2. The maximum Gasteiger partial charge on any atom is 0.248 e. The van der Waals surface area contributed by atoms with E-state index in [1.165, 1.54) is 30.8 Å². The number of benzene rings is 3. The minimum absolute atomic E-state index is 0.173. The highest BCUT2D eigenvalue weighted by molar-refractivity contribution is 7.89. The quantitative estimate of drug-likeness (QED) is 0.527. The number of nitrogens with zero attached hydrogens (tertiary/aromatic N) is 1. The number of anilines is 2. The largest absolute Gasteiger partial charge is 0.369 e. The predicted octanol–water partition coefficient (Wildman–Crippen LogP) is 3.88. The van der Waals surface area contributed by atoms with Crippen LogP contribution in [0, 0.1) is 0 Å². The first-order valence-electron chi connectivity index (χ1n) is 9.76. The first kappa shape index (κ1) is 22.3. The zero-order valence-corrected chi connectivity index (χ0v) is 18.3. The molecule has 1 amide bonds. The Morgan fingerprint density at radius 2 is 1.58 bits per heavy atom. The lowest BCUT2D eigenvalue weighted by molar-refractivity contribution is -0.111. The lowest BCUT2D eigenvalue weighted by Crippen LogP contribution is -2.19. The Morgan fingerprint density at radius 1 is 0.935 bits per heavy atom. The van der Waals surface area contributed by atoms with Crippen molar-refractivity contribution in [3.8, 4) is 0 Å². The minimum Gasteiger partial charge on any atom is -0.369 e. The Bertz CT molecular complexity index is 1160. The van der Waals surface area contributed by atoms with Crippen LogP contribution in [0.4, 0.5) is 11.4 Å². The van der Waals surface area contributed by atoms with Crippen LogP contribution in [-0.2, 0) is 21.4 Å². The van der Waals surface area contributed by atoms with Gasteiger partial charge in [0.1, 0.15) is 0 Å². The summed E-state index contributed by atoms with van der Waals surface area (Å²) in [6, 6.07) is 24.0. The summed E-state index contributed by atoms with van der Waals surface area (Å²) >= 11 is 0. The third-order valence-electron chi connectivity index (χ3n) is 4.72. The molecule has 0 aliphatic heterocycles. The normalized spacial score (nSPS) is 11.4. The molecule has 0 bridgehead atoms. The number of carbonyl (C=O) groups is 1. The van der Waals surface area contributed by atoms with Crippen LogP contribution >= 0.6 is 0 Å². The zero-order chi connectivity index (χ0) is 22.3. The Morgan fingerprint density at radius 3 is 2.26 bits per heavy atom. The molecule has 2 N–H and O–H groups in total. The van der Waals surface area contributed by atoms with Crippen LogP contribution in [-0.4, -0.2) is 28.4 Å². The Balaban J connectivity index is 1.68. The molecule has 0 spiro atoms. The van der Waals surface area contributed by atoms with Crippen molar-refractivity contribution in [3.05, 3.63) is 96.1 Å². The van der Waals surface area contributed by atoms with E-state index in [0.29, 0.717) is 12.2 Å². The first-order valence-corrected chi connectivity index (χ1v) is 11.2. The predicted molar refractivity (Wildman–Crippen MR) is 125 cm³/mol. The van der Waals surface area contributed by atoms with Crippen LogP contribution in [0.3, 0.4) is 0 Å². The minimum atomic E-state index is -3.48. The second-order valence-electron chi connectivity index (χ2n) is 6.96. The third kappa shape index (κ3) is 6.04. The molecule has 0 aliphatic rings. The van der Waals surface area contributed by atoms with E-state index < -0.39 is 10.0 Å². The molecule has 31 heavy (non-hydrogen) atoms. The molecule has 7 heteroatoms. The van der Waals surface area contributed by atoms with Crippen LogP contribution in [0.1, 0.15) is 11.1 Å². The van der Waals surface area contributed by atoms with Gasteiger partial charge in [0.05, 0.1) is 16.3 Å². The van der Waals surface area contributed by atoms with E-state index in [1.807, 2.05) is 49.5 Å². The maximum atomic E-state index is 12.5. The molecule has 160 valence electrons. The maximum absolute atomic E-state index is 12.5. The van der Waals surface area contributed by atoms with Crippen LogP contribution < -0.4 is 14.9 Å². The molecule has 3 aromatic rings. The highest BCUT2D eigenvalue weighted by Gasteiger charge is 2.11. The standard InChI is InChI=1S/C24H25N3O3S/c1-25-31(29,30)21-15-12-19(13-16-21)14-17-24(28)26-22-10-6-7-11-23(22)27(2)18-20-8-4-3-5-9-20/h3-17,25H,18H2,1-2H3,(H,26,28)/b17-14+. The third-order valence-corrected chi connectivity index (χ3v) is 6.15. The number of amides is 1. The van der Waals surface area contributed by atoms with Crippen LogP contribution in [0.25, 0.3) is 6.08 Å². The van der Waals surface area contributed by atoms with E-state index in [1.54, 1.807) is 18.2 Å². The van der Waals surface area contributed by atoms with E-state index in [0.717, 1.165) is 11.3 Å². The molecule has 0 aromatic heterocycles. The molecule has 0 unspecified atom stereocenters. The van der Waals surface area contributed by atoms with Crippen molar-refractivity contribution in [3.63, 3.8) is 0 Å². The van der Waals surface area contributed by atoms with E-state index >= 15 is 0 Å². The van der Waals surface area contributed by atoms with Crippen LogP contribution in [0.5, 0.6) is 0 Å². The summed E-state index contributed by atoms with van der Waals surface area (Å²) in [5, 5.41) is 2.92. The average Bonchev–Trinajstić information content (AvgIpc) is 2.79. The monoisotopic (exact) mass is 435 g/mol. The molecule has 0 heterocycles. The molecule has 0 saturated carbocycles. The van der Waals surface area contributed by atoms with Crippen molar-refractivity contribution >= 4 is 33.4 Å². The van der Waals surface area contributed by atoms with Gasteiger partial charge in [-0.2, -0.15) is 0 Å². The van der Waals surface area contributed by atoms with Crippen molar-refractivity contribution in [2.24, 2.45) is 0 Å². The van der Waals surface area contributed by atoms with Gasteiger partial charge < -0.3 is 10.2 Å². The fraction of sp³-hybridized carbons (Fsp3) is 0.125. The summed E-state index contributed by atoms with van der Waals surface area (Å²) in [6.45, 7) is 0.714. The summed E-state index contributed by atoms with van der Waals surface area (Å²) in [6.07, 6.45) is 3.07. The van der Waals surface area contributed by atoms with Crippen molar-refractivity contribution in [2.45, 2.75) is 11.4 Å². The van der Waals surface area contributed by atoms with Crippen molar-refractivity contribution in [1.29, 1.82) is 0 Å². The molecule has 0 fully saturated rings. The second-order valence-corrected chi connectivity index (χ2v) is 8.84. The number of carbonyl (C=O) groups excluding carboxylic acids is 1. The number of nitrogens with one attached hydrogen (secondary N) is 2. The fourth-order valence-electron chi connectivity index (χ4n) is 3.08. The Kier molecular flexibility index (Phi) is 7.23. The average molecular weight is 436 g/mol. The van der Waals surface area contributed by atoms with Gasteiger partial charge in [0.2, 0.25) is 15.9 Å². The SMILES string of the molecule is CNS(=O)(=O)c1ccc(/C=C/C(=O)Nc2ccccc2N(C)Cc2ccccc2)cc1. The van der Waals surface area contributed by atoms with Gasteiger partial charge in [-0.05, 0) is 48.5 Å². The molecule has 0 radical (unpaired) electrons. The Labute approximate surface area is 183 Å². The van der Waals surface area contributed by atoms with Crippen molar-refractivity contribution in [2.75, 3.05) is 24.3 Å². The van der Waals surface area contributed by atoms with E-state index in [4.69, 9.17) is 0 Å². The molecule has 0 aliphatic carbocycles. The van der Waals surface area contributed by atoms with Crippen molar-refractivity contribution < 1.29 is 13.2 Å². The number of sulfonamides is 1.